The van der Waals surface area contributed by atoms with E-state index in [1.165, 1.54) is 11.1 Å². The first-order valence-corrected chi connectivity index (χ1v) is 12.4. The Morgan fingerprint density at radius 3 is 2.57 bits per heavy atom. The summed E-state index contributed by atoms with van der Waals surface area (Å²) in [6, 6.07) is 17.9. The molecule has 0 saturated heterocycles. The lowest BCUT2D eigenvalue weighted by Gasteiger charge is -2.30. The lowest BCUT2D eigenvalue weighted by molar-refractivity contribution is -0.137. The minimum atomic E-state index is -0.862. The number of carbonyl (C=O) groups excluding carboxylic acids is 1. The molecule has 5 aliphatic heterocycles. The van der Waals surface area contributed by atoms with Gasteiger partial charge in [-0.05, 0) is 72.1 Å². The molecule has 0 spiro atoms. The van der Waals surface area contributed by atoms with Gasteiger partial charge in [0.1, 0.15) is 0 Å². The molecule has 7 bridgehead atoms. The summed E-state index contributed by atoms with van der Waals surface area (Å²) in [5.74, 6) is -0.590. The van der Waals surface area contributed by atoms with Crippen LogP contribution in [0, 0.1) is 0 Å². The van der Waals surface area contributed by atoms with Gasteiger partial charge in [0, 0.05) is 36.8 Å². The van der Waals surface area contributed by atoms with Crippen LogP contribution < -0.4 is 4.74 Å². The maximum absolute atomic E-state index is 13.2. The highest BCUT2D eigenvalue weighted by Gasteiger charge is 2.25. The lowest BCUT2D eigenvalue weighted by Crippen LogP contribution is -2.36. The second kappa shape index (κ2) is 10.3. The Hall–Kier alpha value is -3.67. The number of aliphatic carboxylic acids is 1. The van der Waals surface area contributed by atoms with E-state index in [1.807, 2.05) is 35.2 Å². The summed E-state index contributed by atoms with van der Waals surface area (Å²) in [7, 11) is 0. The molecular formula is C29H30N2O4. The van der Waals surface area contributed by atoms with Crippen molar-refractivity contribution in [2.24, 2.45) is 0 Å². The number of benzene rings is 2. The first kappa shape index (κ1) is 23.1. The number of carbonyl (C=O) groups is 2. The molecule has 2 aromatic carbocycles. The Kier molecular flexibility index (Phi) is 6.80. The van der Waals surface area contributed by atoms with Crippen LogP contribution in [0.4, 0.5) is 0 Å². The van der Waals surface area contributed by atoms with Crippen LogP contribution in [-0.4, -0.2) is 40.0 Å². The maximum Gasteiger partial charge on any atom is 0.304 e. The van der Waals surface area contributed by atoms with Gasteiger partial charge in [-0.25, -0.2) is 4.98 Å². The summed E-state index contributed by atoms with van der Waals surface area (Å²) in [5, 5.41) is 9.61. The summed E-state index contributed by atoms with van der Waals surface area (Å²) >= 11 is 0. The number of carboxylic acids is 1. The smallest absolute Gasteiger partial charge is 0.304 e. The number of ether oxygens (including phenoxy) is 1. The van der Waals surface area contributed by atoms with E-state index in [0.29, 0.717) is 31.1 Å². The first-order chi connectivity index (χ1) is 17.1. The fourth-order valence-corrected chi connectivity index (χ4v) is 5.03. The van der Waals surface area contributed by atoms with Gasteiger partial charge >= 0.3 is 5.97 Å². The van der Waals surface area contributed by atoms with Crippen molar-refractivity contribution in [3.63, 3.8) is 0 Å². The highest BCUT2D eigenvalue weighted by molar-refractivity contribution is 5.94. The minimum Gasteiger partial charge on any atom is -0.481 e. The number of hydrogen-bond acceptors (Lipinski definition) is 4. The maximum atomic E-state index is 13.2. The fraction of sp³-hybridized carbons (Fsp3) is 0.345. The van der Waals surface area contributed by atoms with Crippen LogP contribution in [0.2, 0.25) is 0 Å². The van der Waals surface area contributed by atoms with E-state index in [4.69, 9.17) is 4.74 Å². The summed E-state index contributed by atoms with van der Waals surface area (Å²) < 4.78 is 5.82. The van der Waals surface area contributed by atoms with Gasteiger partial charge in [-0.15, -0.1) is 0 Å². The molecule has 5 aliphatic rings. The zero-order valence-corrected chi connectivity index (χ0v) is 19.8. The summed E-state index contributed by atoms with van der Waals surface area (Å²) in [5.41, 5.74) is 6.00. The number of aryl methyl sites for hydroxylation is 1. The number of rotatable bonds is 2. The largest absolute Gasteiger partial charge is 0.481 e. The molecule has 0 aliphatic carbocycles. The zero-order chi connectivity index (χ0) is 24.2. The van der Waals surface area contributed by atoms with Crippen LogP contribution in [0.25, 0.3) is 0 Å². The van der Waals surface area contributed by atoms with Crippen LogP contribution in [0.5, 0.6) is 5.88 Å². The lowest BCUT2D eigenvalue weighted by atomic mass is 9.86. The second-order valence-electron chi connectivity index (χ2n) is 9.44. The molecular weight excluding hydrogens is 440 g/mol. The molecule has 1 N–H and O–H groups in total. The Bertz CT molecular complexity index is 1200. The van der Waals surface area contributed by atoms with Crippen molar-refractivity contribution in [3.05, 3.63) is 94.2 Å². The van der Waals surface area contributed by atoms with Gasteiger partial charge < -0.3 is 14.7 Å². The van der Waals surface area contributed by atoms with Crippen molar-refractivity contribution >= 4 is 11.9 Å². The molecule has 6 nitrogen and oxygen atoms in total. The molecule has 1 aromatic heterocycles. The highest BCUT2D eigenvalue weighted by Crippen LogP contribution is 2.32. The molecule has 8 rings (SSSR count). The van der Waals surface area contributed by atoms with Crippen LogP contribution in [0.15, 0.2) is 60.8 Å². The van der Waals surface area contributed by atoms with E-state index in [9.17, 15) is 14.7 Å². The molecule has 1 amide bonds. The molecule has 35 heavy (non-hydrogen) atoms. The summed E-state index contributed by atoms with van der Waals surface area (Å²) in [6.07, 6.45) is 6.50. The topological polar surface area (TPSA) is 79.7 Å². The van der Waals surface area contributed by atoms with E-state index in [0.717, 1.165) is 48.8 Å². The minimum absolute atomic E-state index is 0.0321. The average molecular weight is 471 g/mol. The van der Waals surface area contributed by atoms with Gasteiger partial charge in [0.15, 0.2) is 0 Å². The Morgan fingerprint density at radius 1 is 0.971 bits per heavy atom. The Morgan fingerprint density at radius 2 is 1.80 bits per heavy atom. The molecule has 180 valence electrons. The SMILES string of the molecule is O=C(O)C[C@H]1c2ccc(nc2)OCCCCCc2ccc(cc2)C(=O)N2CCc3ccc1cc3C2. The molecule has 0 fully saturated rings. The van der Waals surface area contributed by atoms with Gasteiger partial charge in [0.25, 0.3) is 5.91 Å². The van der Waals surface area contributed by atoms with Crippen molar-refractivity contribution in [2.75, 3.05) is 13.2 Å². The molecule has 6 heteroatoms. The van der Waals surface area contributed by atoms with Crippen LogP contribution in [-0.2, 0) is 24.2 Å². The van der Waals surface area contributed by atoms with Crippen molar-refractivity contribution in [2.45, 2.75) is 51.0 Å². The van der Waals surface area contributed by atoms with Crippen molar-refractivity contribution < 1.29 is 19.4 Å². The van der Waals surface area contributed by atoms with Crippen molar-refractivity contribution in [1.29, 1.82) is 0 Å². The standard InChI is InChI=1S/C29H30N2O4/c32-28(33)17-26-23-10-9-21-13-14-31(19-25(21)16-23)29(34)22-7-5-20(6-8-22)4-2-1-3-15-35-27-12-11-24(26)18-30-27/h5-12,16,18,26H,1-4,13-15,17,19H2,(H,32,33)/t26-/m1/s1. The summed E-state index contributed by atoms with van der Waals surface area (Å²) in [6.45, 7) is 1.80. The molecule has 0 radical (unpaired) electrons. The van der Waals surface area contributed by atoms with Gasteiger partial charge in [-0.1, -0.05) is 36.4 Å². The molecule has 3 aromatic rings. The molecule has 6 heterocycles. The van der Waals surface area contributed by atoms with E-state index in [-0.39, 0.29) is 18.2 Å². The zero-order valence-electron chi connectivity index (χ0n) is 19.8. The predicted octanol–water partition coefficient (Wildman–Crippen LogP) is 4.99. The van der Waals surface area contributed by atoms with Crippen LogP contribution in [0.3, 0.4) is 0 Å². The van der Waals surface area contributed by atoms with Crippen molar-refractivity contribution in [1.82, 2.24) is 9.88 Å². The van der Waals surface area contributed by atoms with Gasteiger partial charge in [0.05, 0.1) is 13.0 Å². The molecule has 0 unspecified atom stereocenters. The first-order valence-electron chi connectivity index (χ1n) is 12.4. The van der Waals surface area contributed by atoms with Crippen molar-refractivity contribution in [3.8, 4) is 5.88 Å². The molecule has 0 saturated carbocycles. The predicted molar refractivity (Wildman–Crippen MR) is 133 cm³/mol. The number of nitrogens with zero attached hydrogens (tertiary/aromatic N) is 2. The second-order valence-corrected chi connectivity index (χ2v) is 9.44. The number of aromatic nitrogens is 1. The Labute approximate surface area is 205 Å². The van der Waals surface area contributed by atoms with Gasteiger partial charge in [-0.3, -0.25) is 9.59 Å². The van der Waals surface area contributed by atoms with Gasteiger partial charge in [0.2, 0.25) is 5.88 Å². The van der Waals surface area contributed by atoms with E-state index in [1.54, 1.807) is 6.20 Å². The molecule has 1 atom stereocenters. The Balaban J connectivity index is 1.49. The van der Waals surface area contributed by atoms with Crippen LogP contribution >= 0.6 is 0 Å². The number of pyridine rings is 1. The fourth-order valence-electron chi connectivity index (χ4n) is 5.03. The third kappa shape index (κ3) is 5.37. The highest BCUT2D eigenvalue weighted by atomic mass is 16.5. The summed E-state index contributed by atoms with van der Waals surface area (Å²) in [4.78, 5) is 31.3. The number of amides is 1. The quantitative estimate of drug-likeness (QED) is 0.571. The third-order valence-electron chi connectivity index (χ3n) is 7.03. The van der Waals surface area contributed by atoms with E-state index in [2.05, 4.69) is 29.2 Å². The van der Waals surface area contributed by atoms with E-state index >= 15 is 0 Å². The van der Waals surface area contributed by atoms with Crippen LogP contribution in [0.1, 0.15) is 69.8 Å². The monoisotopic (exact) mass is 470 g/mol. The third-order valence-corrected chi connectivity index (χ3v) is 7.03. The van der Waals surface area contributed by atoms with Gasteiger partial charge in [-0.2, -0.15) is 0 Å². The van der Waals surface area contributed by atoms with E-state index < -0.39 is 5.97 Å². The normalized spacial score (nSPS) is 18.2. The average Bonchev–Trinajstić information content (AvgIpc) is 2.88. The number of carboxylic acid groups (broad SMARTS) is 1. The number of hydrogen-bond donors (Lipinski definition) is 1.